The second-order valence-electron chi connectivity index (χ2n) is 4.28. The Labute approximate surface area is 111 Å². The van der Waals surface area contributed by atoms with E-state index < -0.39 is 5.97 Å². The molecule has 2 N–H and O–H groups in total. The average Bonchev–Trinajstić information content (AvgIpc) is 2.37. The van der Waals surface area contributed by atoms with Gasteiger partial charge in [0.05, 0.1) is 12.2 Å². The first kappa shape index (κ1) is 13.2. The van der Waals surface area contributed by atoms with Crippen molar-refractivity contribution in [1.82, 2.24) is 5.32 Å². The van der Waals surface area contributed by atoms with Gasteiger partial charge in [0, 0.05) is 20.0 Å². The molecule has 2 rings (SSSR count). The molecule has 0 bridgehead atoms. The topological polar surface area (TPSA) is 78.9 Å². The fourth-order valence-electron chi connectivity index (χ4n) is 2.07. The van der Waals surface area contributed by atoms with Crippen molar-refractivity contribution in [2.45, 2.75) is 6.92 Å². The van der Waals surface area contributed by atoms with E-state index in [0.29, 0.717) is 32.0 Å². The SMILES string of the molecule is CC(=O)NCCN1CCOc2c(C(=O)O)cccc21. The number of carboxylic acid groups (broad SMARTS) is 1. The van der Waals surface area contributed by atoms with E-state index in [-0.39, 0.29) is 11.5 Å². The summed E-state index contributed by atoms with van der Waals surface area (Å²) in [5.74, 6) is -0.669. The van der Waals surface area contributed by atoms with E-state index in [4.69, 9.17) is 9.84 Å². The van der Waals surface area contributed by atoms with E-state index in [1.165, 1.54) is 13.0 Å². The molecule has 0 fully saturated rings. The molecule has 0 saturated carbocycles. The van der Waals surface area contributed by atoms with Crippen LogP contribution in [0.25, 0.3) is 0 Å². The first-order valence-electron chi connectivity index (χ1n) is 6.08. The van der Waals surface area contributed by atoms with Crippen molar-refractivity contribution in [2.24, 2.45) is 0 Å². The van der Waals surface area contributed by atoms with E-state index >= 15 is 0 Å². The molecule has 1 amide bonds. The van der Waals surface area contributed by atoms with Crippen molar-refractivity contribution in [3.63, 3.8) is 0 Å². The summed E-state index contributed by atoms with van der Waals surface area (Å²) in [6, 6.07) is 5.05. The van der Waals surface area contributed by atoms with Crippen LogP contribution in [0.2, 0.25) is 0 Å². The number of carboxylic acids is 1. The number of nitrogens with one attached hydrogen (secondary N) is 1. The number of anilines is 1. The van der Waals surface area contributed by atoms with Crippen LogP contribution < -0.4 is 15.0 Å². The number of hydrogen-bond acceptors (Lipinski definition) is 4. The molecule has 6 nitrogen and oxygen atoms in total. The third kappa shape index (κ3) is 2.96. The summed E-state index contributed by atoms with van der Waals surface area (Å²) < 4.78 is 5.46. The number of amides is 1. The minimum absolute atomic E-state index is 0.0761. The highest BCUT2D eigenvalue weighted by Gasteiger charge is 2.23. The summed E-state index contributed by atoms with van der Waals surface area (Å²) in [4.78, 5) is 24.0. The summed E-state index contributed by atoms with van der Waals surface area (Å²) >= 11 is 0. The van der Waals surface area contributed by atoms with E-state index in [1.54, 1.807) is 6.07 Å². The number of benzene rings is 1. The minimum atomic E-state index is -0.999. The third-order valence-electron chi connectivity index (χ3n) is 2.93. The predicted molar refractivity (Wildman–Crippen MR) is 69.8 cm³/mol. The Hall–Kier alpha value is -2.24. The number of carbonyl (C=O) groups excluding carboxylic acids is 1. The van der Waals surface area contributed by atoms with Gasteiger partial charge in [0.25, 0.3) is 0 Å². The number of nitrogens with zero attached hydrogens (tertiary/aromatic N) is 1. The Bertz CT molecular complexity index is 501. The largest absolute Gasteiger partial charge is 0.489 e. The van der Waals surface area contributed by atoms with Gasteiger partial charge in [-0.3, -0.25) is 4.79 Å². The number of hydrogen-bond donors (Lipinski definition) is 2. The highest BCUT2D eigenvalue weighted by molar-refractivity contribution is 5.93. The van der Waals surface area contributed by atoms with Crippen molar-refractivity contribution in [3.8, 4) is 5.75 Å². The Balaban J connectivity index is 2.17. The van der Waals surface area contributed by atoms with Crippen molar-refractivity contribution in [2.75, 3.05) is 31.1 Å². The standard InChI is InChI=1S/C13H16N2O4/c1-9(16)14-5-6-15-7-8-19-12-10(13(17)18)3-2-4-11(12)15/h2-4H,5-8H2,1H3,(H,14,16)(H,17,18). The van der Waals surface area contributed by atoms with Gasteiger partial charge < -0.3 is 20.1 Å². The Kier molecular flexibility index (Phi) is 3.89. The van der Waals surface area contributed by atoms with Crippen LogP contribution in [0.4, 0.5) is 5.69 Å². The number of carbonyl (C=O) groups is 2. The molecule has 1 aliphatic heterocycles. The Morgan fingerprint density at radius 1 is 1.47 bits per heavy atom. The van der Waals surface area contributed by atoms with Gasteiger partial charge in [-0.2, -0.15) is 0 Å². The van der Waals surface area contributed by atoms with Crippen LogP contribution in [0.1, 0.15) is 17.3 Å². The van der Waals surface area contributed by atoms with Gasteiger partial charge in [-0.15, -0.1) is 0 Å². The second-order valence-corrected chi connectivity index (χ2v) is 4.28. The molecule has 0 aliphatic carbocycles. The molecule has 0 atom stereocenters. The van der Waals surface area contributed by atoms with Crippen LogP contribution >= 0.6 is 0 Å². The molecule has 1 aliphatic rings. The van der Waals surface area contributed by atoms with Gasteiger partial charge in [-0.1, -0.05) is 6.07 Å². The molecule has 1 heterocycles. The number of para-hydroxylation sites is 1. The van der Waals surface area contributed by atoms with Gasteiger partial charge in [0.2, 0.25) is 5.91 Å². The summed E-state index contributed by atoms with van der Waals surface area (Å²) in [5.41, 5.74) is 0.929. The third-order valence-corrected chi connectivity index (χ3v) is 2.93. The van der Waals surface area contributed by atoms with Crippen molar-refractivity contribution in [3.05, 3.63) is 23.8 Å². The molecule has 1 aromatic rings. The molecular formula is C13H16N2O4. The zero-order valence-electron chi connectivity index (χ0n) is 10.7. The van der Waals surface area contributed by atoms with Crippen molar-refractivity contribution in [1.29, 1.82) is 0 Å². The molecule has 0 aromatic heterocycles. The fraction of sp³-hybridized carbons (Fsp3) is 0.385. The number of aromatic carboxylic acids is 1. The highest BCUT2D eigenvalue weighted by Crippen LogP contribution is 2.34. The Morgan fingerprint density at radius 2 is 2.26 bits per heavy atom. The van der Waals surface area contributed by atoms with Crippen LogP contribution in [0.3, 0.4) is 0 Å². The average molecular weight is 264 g/mol. The number of rotatable bonds is 4. The zero-order chi connectivity index (χ0) is 13.8. The number of fused-ring (bicyclic) bond motifs is 1. The lowest BCUT2D eigenvalue weighted by molar-refractivity contribution is -0.118. The van der Waals surface area contributed by atoms with Crippen molar-refractivity contribution >= 4 is 17.6 Å². The summed E-state index contributed by atoms with van der Waals surface area (Å²) in [6.07, 6.45) is 0. The summed E-state index contributed by atoms with van der Waals surface area (Å²) in [5, 5.41) is 11.8. The first-order chi connectivity index (χ1) is 9.09. The Morgan fingerprint density at radius 3 is 2.95 bits per heavy atom. The monoisotopic (exact) mass is 264 g/mol. The van der Waals surface area contributed by atoms with Crippen LogP contribution in [0.5, 0.6) is 5.75 Å². The molecule has 0 saturated heterocycles. The smallest absolute Gasteiger partial charge is 0.339 e. The van der Waals surface area contributed by atoms with Gasteiger partial charge in [0.1, 0.15) is 12.2 Å². The van der Waals surface area contributed by atoms with Gasteiger partial charge in [-0.25, -0.2) is 4.79 Å². The van der Waals surface area contributed by atoms with E-state index in [1.807, 2.05) is 11.0 Å². The maximum atomic E-state index is 11.1. The van der Waals surface area contributed by atoms with Crippen LogP contribution in [0.15, 0.2) is 18.2 Å². The molecule has 1 aromatic carbocycles. The summed E-state index contributed by atoms with van der Waals surface area (Å²) in [6.45, 7) is 3.73. The predicted octanol–water partition coefficient (Wildman–Crippen LogP) is 0.720. The van der Waals surface area contributed by atoms with E-state index in [9.17, 15) is 9.59 Å². The summed E-state index contributed by atoms with van der Waals surface area (Å²) in [7, 11) is 0. The second kappa shape index (κ2) is 5.60. The van der Waals surface area contributed by atoms with Crippen molar-refractivity contribution < 1.29 is 19.4 Å². The van der Waals surface area contributed by atoms with E-state index in [0.717, 1.165) is 5.69 Å². The molecule has 6 heteroatoms. The van der Waals surface area contributed by atoms with Gasteiger partial charge >= 0.3 is 5.97 Å². The molecule has 19 heavy (non-hydrogen) atoms. The highest BCUT2D eigenvalue weighted by atomic mass is 16.5. The van der Waals surface area contributed by atoms with Crippen LogP contribution in [-0.2, 0) is 4.79 Å². The normalized spacial score (nSPS) is 13.4. The van der Waals surface area contributed by atoms with Crippen LogP contribution in [-0.4, -0.2) is 43.2 Å². The fourth-order valence-corrected chi connectivity index (χ4v) is 2.07. The van der Waals surface area contributed by atoms with Crippen LogP contribution in [0, 0.1) is 0 Å². The molecule has 0 radical (unpaired) electrons. The zero-order valence-corrected chi connectivity index (χ0v) is 10.7. The lowest BCUT2D eigenvalue weighted by atomic mass is 10.1. The molecule has 102 valence electrons. The lowest BCUT2D eigenvalue weighted by Gasteiger charge is -2.31. The van der Waals surface area contributed by atoms with Gasteiger partial charge in [-0.05, 0) is 12.1 Å². The number of ether oxygens (including phenoxy) is 1. The maximum absolute atomic E-state index is 11.1. The maximum Gasteiger partial charge on any atom is 0.339 e. The quantitative estimate of drug-likeness (QED) is 0.837. The van der Waals surface area contributed by atoms with E-state index in [2.05, 4.69) is 5.32 Å². The van der Waals surface area contributed by atoms with Gasteiger partial charge in [0.15, 0.2) is 5.75 Å². The first-order valence-corrected chi connectivity index (χ1v) is 6.08. The lowest BCUT2D eigenvalue weighted by Crippen LogP contribution is -2.39. The molecule has 0 unspecified atom stereocenters. The molecule has 0 spiro atoms. The molecular weight excluding hydrogens is 248 g/mol. The minimum Gasteiger partial charge on any atom is -0.489 e.